The first-order valence-electron chi connectivity index (χ1n) is 21.3. The number of hydrogen-bond donors (Lipinski definition) is 0. The fraction of sp³-hybridized carbons (Fsp3) is 0.235. The molecule has 0 aliphatic carbocycles. The fourth-order valence-corrected chi connectivity index (χ4v) is 8.30. The second-order valence-electron chi connectivity index (χ2n) is 15.6. The van der Waals surface area contributed by atoms with Gasteiger partial charge in [-0.15, -0.1) is 5.10 Å². The Balaban J connectivity index is 1.02. The topological polar surface area (TPSA) is 115 Å². The van der Waals surface area contributed by atoms with E-state index in [1.54, 1.807) is 11.9 Å². The molecule has 314 valence electrons. The molecule has 2 heterocycles. The first kappa shape index (κ1) is 41.8. The summed E-state index contributed by atoms with van der Waals surface area (Å²) in [5.74, 6) is 0.626. The molecule has 0 spiro atoms. The smallest absolute Gasteiger partial charge is 0.409 e. The van der Waals surface area contributed by atoms with E-state index in [1.165, 1.54) is 5.12 Å². The lowest BCUT2D eigenvalue weighted by Crippen LogP contribution is -2.41. The third-order valence-corrected chi connectivity index (χ3v) is 11.5. The maximum absolute atomic E-state index is 13.8. The van der Waals surface area contributed by atoms with Crippen LogP contribution in [0.25, 0.3) is 22.5 Å². The number of amides is 1. The summed E-state index contributed by atoms with van der Waals surface area (Å²) in [7, 11) is 1.71. The van der Waals surface area contributed by atoms with Crippen molar-refractivity contribution in [2.75, 3.05) is 20.1 Å². The van der Waals surface area contributed by atoms with Crippen LogP contribution in [0.15, 0.2) is 175 Å². The van der Waals surface area contributed by atoms with Gasteiger partial charge in [0.1, 0.15) is 12.1 Å². The number of aromatic nitrogens is 4. The number of hydrogen-bond acceptors (Lipinski definition) is 9. The molecule has 1 amide bonds. The molecule has 1 unspecified atom stereocenters. The number of nitrogens with zero attached hydrogens (tertiary/aromatic N) is 8. The molecule has 0 radical (unpaired) electrons. The van der Waals surface area contributed by atoms with Gasteiger partial charge in [0.25, 0.3) is 0 Å². The summed E-state index contributed by atoms with van der Waals surface area (Å²) in [5, 5.41) is 35.0. The number of hydroxylamine groups is 1. The van der Waals surface area contributed by atoms with Crippen LogP contribution in [-0.2, 0) is 23.3 Å². The second-order valence-corrected chi connectivity index (χ2v) is 15.6. The Hall–Kier alpha value is -6.95. The lowest BCUT2D eigenvalue weighted by atomic mass is 9.77. The Bertz CT molecular complexity index is 2440. The summed E-state index contributed by atoms with van der Waals surface area (Å²) >= 11 is 0. The maximum Gasteiger partial charge on any atom is 0.409 e. The van der Waals surface area contributed by atoms with Crippen molar-refractivity contribution < 1.29 is 9.53 Å². The van der Waals surface area contributed by atoms with Crippen LogP contribution in [0.1, 0.15) is 60.4 Å². The van der Waals surface area contributed by atoms with E-state index in [0.717, 1.165) is 74.7 Å². The zero-order valence-corrected chi connectivity index (χ0v) is 35.2. The van der Waals surface area contributed by atoms with E-state index in [9.17, 15) is 10.0 Å². The molecule has 11 heteroatoms. The van der Waals surface area contributed by atoms with Gasteiger partial charge in [0.05, 0.1) is 18.3 Å². The summed E-state index contributed by atoms with van der Waals surface area (Å²) in [6, 6.07) is 57.0. The fourth-order valence-electron chi connectivity index (χ4n) is 8.30. The standard InChI is InChI=1S/C51H51N8O3/c1-3-4-30-47-48(59(61)57(53-47)36-19-35-56(2)50(60)62-38-40-20-9-5-10-21-40)37-39-31-33-41(34-32-39)45-28-17-18-29-46(45)49-52-54-55-58(49)51(42-22-11-6-12-23-42,43-24-13-7-14-25-43)44-26-15-8-16-27-44/h5-18,20-29,31-34,48H,3-4,19,30,35-38H2,1-2H3/q-1. The predicted octanol–water partition coefficient (Wildman–Crippen LogP) is 9.99. The van der Waals surface area contributed by atoms with Crippen molar-refractivity contribution in [3.63, 3.8) is 0 Å². The molecule has 1 aliphatic rings. The number of rotatable bonds is 17. The first-order valence-corrected chi connectivity index (χ1v) is 21.3. The van der Waals surface area contributed by atoms with Crippen LogP contribution in [0.5, 0.6) is 0 Å². The molecule has 62 heavy (non-hydrogen) atoms. The Kier molecular flexibility index (Phi) is 13.2. The second kappa shape index (κ2) is 19.6. The minimum Gasteiger partial charge on any atom is -0.766 e. The molecule has 6 aromatic carbocycles. The van der Waals surface area contributed by atoms with Gasteiger partial charge in [-0.05, 0) is 75.1 Å². The Morgan fingerprint density at radius 1 is 0.710 bits per heavy atom. The molecule has 0 fully saturated rings. The molecule has 0 saturated heterocycles. The summed E-state index contributed by atoms with van der Waals surface area (Å²) < 4.78 is 7.43. The van der Waals surface area contributed by atoms with Gasteiger partial charge in [0.2, 0.25) is 0 Å². The minimum absolute atomic E-state index is 0.212. The highest BCUT2D eigenvalue weighted by molar-refractivity contribution is 5.91. The SMILES string of the molecule is CCCCC1=NN(CCCN(C)C(=O)OCc2ccccc2)N([O-])C1Cc1ccc(-c2ccccc2-c2nnnn2C(c2ccccc2)(c2ccccc2)c2ccccc2)cc1. The van der Waals surface area contributed by atoms with Crippen molar-refractivity contribution in [3.05, 3.63) is 203 Å². The molecule has 11 nitrogen and oxygen atoms in total. The summed E-state index contributed by atoms with van der Waals surface area (Å²) in [6.45, 7) is 3.18. The van der Waals surface area contributed by atoms with E-state index < -0.39 is 17.7 Å². The van der Waals surface area contributed by atoms with Crippen LogP contribution in [0.2, 0.25) is 0 Å². The van der Waals surface area contributed by atoms with Crippen LogP contribution in [0.4, 0.5) is 4.79 Å². The number of carbonyl (C=O) groups is 1. The zero-order valence-electron chi connectivity index (χ0n) is 35.2. The van der Waals surface area contributed by atoms with E-state index >= 15 is 0 Å². The highest BCUT2D eigenvalue weighted by Crippen LogP contribution is 2.43. The van der Waals surface area contributed by atoms with Gasteiger partial charge >= 0.3 is 6.09 Å². The van der Waals surface area contributed by atoms with E-state index in [4.69, 9.17) is 20.2 Å². The highest BCUT2D eigenvalue weighted by Gasteiger charge is 2.42. The molecule has 7 aromatic rings. The van der Waals surface area contributed by atoms with Crippen molar-refractivity contribution >= 4 is 11.8 Å². The summed E-state index contributed by atoms with van der Waals surface area (Å²) in [6.07, 6.45) is 3.38. The van der Waals surface area contributed by atoms with Gasteiger partial charge in [0.15, 0.2) is 5.82 Å². The highest BCUT2D eigenvalue weighted by atomic mass is 16.6. The van der Waals surface area contributed by atoms with Gasteiger partial charge in [-0.3, -0.25) is 5.17 Å². The molecule has 1 aliphatic heterocycles. The van der Waals surface area contributed by atoms with Gasteiger partial charge in [0, 0.05) is 19.2 Å². The van der Waals surface area contributed by atoms with Gasteiger partial charge in [-0.25, -0.2) is 14.6 Å². The van der Waals surface area contributed by atoms with Crippen LogP contribution < -0.4 is 0 Å². The largest absolute Gasteiger partial charge is 0.766 e. The molecular formula is C51H51N8O3-. The van der Waals surface area contributed by atoms with E-state index in [1.807, 2.05) is 65.3 Å². The molecule has 0 N–H and O–H groups in total. The molecular weight excluding hydrogens is 773 g/mol. The molecule has 1 atom stereocenters. The van der Waals surface area contributed by atoms with Crippen LogP contribution in [0.3, 0.4) is 0 Å². The third-order valence-electron chi connectivity index (χ3n) is 11.5. The molecule has 1 aromatic heterocycles. The number of hydrazone groups is 1. The van der Waals surface area contributed by atoms with Crippen molar-refractivity contribution in [2.24, 2.45) is 5.10 Å². The Labute approximate surface area is 363 Å². The molecule has 0 saturated carbocycles. The Morgan fingerprint density at radius 3 is 1.87 bits per heavy atom. The number of carbonyl (C=O) groups excluding carboxylic acids is 1. The van der Waals surface area contributed by atoms with Gasteiger partial charge < -0.3 is 14.8 Å². The zero-order chi connectivity index (χ0) is 42.7. The first-order chi connectivity index (χ1) is 30.5. The predicted molar refractivity (Wildman–Crippen MR) is 244 cm³/mol. The summed E-state index contributed by atoms with van der Waals surface area (Å²) in [5.41, 5.74) is 7.91. The lowest BCUT2D eigenvalue weighted by Gasteiger charge is -2.37. The van der Waals surface area contributed by atoms with Crippen LogP contribution in [-0.4, -0.2) is 73.4 Å². The van der Waals surface area contributed by atoms with E-state index in [2.05, 4.69) is 121 Å². The quantitative estimate of drug-likeness (QED) is 0.0834. The van der Waals surface area contributed by atoms with Crippen LogP contribution in [0, 0.1) is 5.21 Å². The van der Waals surface area contributed by atoms with Gasteiger partial charge in [-0.1, -0.05) is 183 Å². The van der Waals surface area contributed by atoms with Crippen molar-refractivity contribution in [1.29, 1.82) is 0 Å². The number of benzene rings is 6. The van der Waals surface area contributed by atoms with E-state index in [-0.39, 0.29) is 6.61 Å². The molecule has 8 rings (SSSR count). The monoisotopic (exact) mass is 823 g/mol. The molecule has 0 bridgehead atoms. The van der Waals surface area contributed by atoms with Crippen molar-refractivity contribution in [1.82, 2.24) is 35.4 Å². The average molecular weight is 824 g/mol. The third kappa shape index (κ3) is 8.90. The number of ether oxygens (including phenoxy) is 1. The van der Waals surface area contributed by atoms with Crippen molar-refractivity contribution in [2.45, 2.75) is 57.2 Å². The Morgan fingerprint density at radius 2 is 1.27 bits per heavy atom. The number of unbranched alkanes of at least 4 members (excludes halogenated alkanes) is 1. The lowest BCUT2D eigenvalue weighted by molar-refractivity contribution is 0.0265. The maximum atomic E-state index is 13.8. The van der Waals surface area contributed by atoms with E-state index in [0.29, 0.717) is 31.8 Å². The normalized spacial score (nSPS) is 14.1. The van der Waals surface area contributed by atoms with Crippen LogP contribution >= 0.6 is 0 Å². The van der Waals surface area contributed by atoms with Crippen molar-refractivity contribution in [3.8, 4) is 22.5 Å². The summed E-state index contributed by atoms with van der Waals surface area (Å²) in [4.78, 5) is 14.2. The number of tetrazole rings is 1. The van der Waals surface area contributed by atoms with Gasteiger partial charge in [-0.2, -0.15) is 5.10 Å². The average Bonchev–Trinajstić information content (AvgIpc) is 3.93. The number of hydrazine groups is 1. The minimum atomic E-state index is -0.889.